The van der Waals surface area contributed by atoms with Gasteiger partial charge in [-0.1, -0.05) is 31.2 Å². The molecule has 0 aliphatic rings. The van der Waals surface area contributed by atoms with Crippen molar-refractivity contribution in [2.24, 2.45) is 0 Å². The third kappa shape index (κ3) is 2.23. The van der Waals surface area contributed by atoms with Crippen LogP contribution in [0.25, 0.3) is 11.3 Å². The average molecular weight is 225 g/mol. The molecule has 4 heteroatoms. The number of nitriles is 1. The zero-order valence-electron chi connectivity index (χ0n) is 9.40. The van der Waals surface area contributed by atoms with Crippen molar-refractivity contribution in [3.8, 4) is 17.3 Å². The molecule has 0 fully saturated rings. The van der Waals surface area contributed by atoms with E-state index in [2.05, 4.69) is 17.1 Å². The van der Waals surface area contributed by atoms with Crippen molar-refractivity contribution < 1.29 is 0 Å². The summed E-state index contributed by atoms with van der Waals surface area (Å²) in [5.74, 6) is 0. The van der Waals surface area contributed by atoms with Gasteiger partial charge in [0.1, 0.15) is 11.8 Å². The summed E-state index contributed by atoms with van der Waals surface area (Å²) < 4.78 is 0. The lowest BCUT2D eigenvalue weighted by Crippen LogP contribution is -2.08. The van der Waals surface area contributed by atoms with Crippen LogP contribution in [0, 0.1) is 11.3 Å². The zero-order valence-corrected chi connectivity index (χ0v) is 9.40. The van der Waals surface area contributed by atoms with Crippen LogP contribution in [-0.2, 0) is 6.42 Å². The molecule has 1 aromatic carbocycles. The number of aromatic nitrogens is 2. The first-order chi connectivity index (χ1) is 8.24. The molecule has 0 aliphatic heterocycles. The van der Waals surface area contributed by atoms with E-state index in [0.717, 1.165) is 12.0 Å². The van der Waals surface area contributed by atoms with Crippen LogP contribution >= 0.6 is 0 Å². The van der Waals surface area contributed by atoms with Crippen LogP contribution in [0.3, 0.4) is 0 Å². The van der Waals surface area contributed by atoms with Gasteiger partial charge in [0.05, 0.1) is 5.56 Å². The fourth-order valence-electron chi connectivity index (χ4n) is 1.61. The van der Waals surface area contributed by atoms with E-state index in [-0.39, 0.29) is 11.1 Å². The lowest BCUT2D eigenvalue weighted by atomic mass is 10.0. The van der Waals surface area contributed by atoms with Gasteiger partial charge in [0, 0.05) is 11.6 Å². The van der Waals surface area contributed by atoms with E-state index in [1.807, 2.05) is 30.3 Å². The lowest BCUT2D eigenvalue weighted by molar-refractivity contribution is 0.989. The van der Waals surface area contributed by atoms with E-state index >= 15 is 0 Å². The summed E-state index contributed by atoms with van der Waals surface area (Å²) in [7, 11) is 0. The first-order valence-electron chi connectivity index (χ1n) is 5.33. The molecule has 0 unspecified atom stereocenters. The van der Waals surface area contributed by atoms with Crippen LogP contribution in [0.5, 0.6) is 0 Å². The topological polar surface area (TPSA) is 69.5 Å². The first kappa shape index (κ1) is 11.1. The fraction of sp³-hybridized carbons (Fsp3) is 0.154. The predicted molar refractivity (Wildman–Crippen MR) is 64.4 cm³/mol. The number of nitrogens with one attached hydrogen (secondary N) is 1. The smallest absolute Gasteiger partial charge is 0.265 e. The molecule has 4 nitrogen and oxygen atoms in total. The molecule has 0 saturated carbocycles. The summed E-state index contributed by atoms with van der Waals surface area (Å²) in [6.07, 6.45) is 0.963. The van der Waals surface area contributed by atoms with Crippen LogP contribution < -0.4 is 5.56 Å². The highest BCUT2D eigenvalue weighted by atomic mass is 16.1. The van der Waals surface area contributed by atoms with E-state index in [1.54, 1.807) is 0 Å². The summed E-state index contributed by atoms with van der Waals surface area (Å²) in [6, 6.07) is 11.0. The Hall–Kier alpha value is -2.41. The molecular formula is C13H11N3O. The molecule has 1 heterocycles. The van der Waals surface area contributed by atoms with Crippen molar-refractivity contribution in [1.82, 2.24) is 10.2 Å². The molecule has 0 atom stereocenters. The minimum absolute atomic E-state index is 0.290. The largest absolute Gasteiger partial charge is 0.268 e. The number of aryl methyl sites for hydroxylation is 1. The van der Waals surface area contributed by atoms with Gasteiger partial charge in [0.25, 0.3) is 5.56 Å². The van der Waals surface area contributed by atoms with E-state index in [4.69, 9.17) is 5.26 Å². The summed E-state index contributed by atoms with van der Waals surface area (Å²) in [4.78, 5) is 11.1. The van der Waals surface area contributed by atoms with Crippen LogP contribution in [0.15, 0.2) is 35.1 Å². The maximum absolute atomic E-state index is 11.1. The molecule has 2 rings (SSSR count). The lowest BCUT2D eigenvalue weighted by Gasteiger charge is -2.03. The highest BCUT2D eigenvalue weighted by molar-refractivity contribution is 5.65. The van der Waals surface area contributed by atoms with Gasteiger partial charge in [-0.3, -0.25) is 4.79 Å². The Bertz CT molecular complexity index is 620. The van der Waals surface area contributed by atoms with Gasteiger partial charge in [-0.2, -0.15) is 10.4 Å². The molecule has 0 amide bonds. The van der Waals surface area contributed by atoms with Gasteiger partial charge >= 0.3 is 0 Å². The molecule has 84 valence electrons. The monoisotopic (exact) mass is 225 g/mol. The predicted octanol–water partition coefficient (Wildman–Crippen LogP) is 1.87. The number of H-pyrrole nitrogens is 1. The Morgan fingerprint density at radius 2 is 2.06 bits per heavy atom. The second-order valence-electron chi connectivity index (χ2n) is 3.66. The molecule has 1 aromatic heterocycles. The van der Waals surface area contributed by atoms with Crippen LogP contribution in [0.2, 0.25) is 0 Å². The third-order valence-corrected chi connectivity index (χ3v) is 2.56. The number of benzene rings is 1. The Balaban J connectivity index is 2.53. The van der Waals surface area contributed by atoms with Crippen LogP contribution in [-0.4, -0.2) is 10.2 Å². The van der Waals surface area contributed by atoms with Crippen LogP contribution in [0.1, 0.15) is 18.1 Å². The van der Waals surface area contributed by atoms with Crippen molar-refractivity contribution in [2.75, 3.05) is 0 Å². The number of hydrogen-bond acceptors (Lipinski definition) is 3. The molecule has 1 N–H and O–H groups in total. The summed E-state index contributed by atoms with van der Waals surface area (Å²) in [5, 5.41) is 15.2. The Morgan fingerprint density at radius 3 is 2.65 bits per heavy atom. The Kier molecular flexibility index (Phi) is 3.01. The van der Waals surface area contributed by atoms with E-state index in [0.29, 0.717) is 5.69 Å². The van der Waals surface area contributed by atoms with Gasteiger partial charge in [0.15, 0.2) is 0 Å². The van der Waals surface area contributed by atoms with Crippen molar-refractivity contribution in [1.29, 1.82) is 5.26 Å². The second-order valence-corrected chi connectivity index (χ2v) is 3.66. The van der Waals surface area contributed by atoms with Crippen LogP contribution in [0.4, 0.5) is 0 Å². The number of rotatable bonds is 2. The minimum Gasteiger partial charge on any atom is -0.268 e. The number of nitrogens with zero attached hydrogens (tertiary/aromatic N) is 2. The summed E-state index contributed by atoms with van der Waals surface area (Å²) >= 11 is 0. The maximum atomic E-state index is 11.1. The fourth-order valence-corrected chi connectivity index (χ4v) is 1.61. The molecule has 0 bridgehead atoms. The van der Waals surface area contributed by atoms with Crippen molar-refractivity contribution in [2.45, 2.75) is 13.3 Å². The minimum atomic E-state index is -0.365. The quantitative estimate of drug-likeness (QED) is 0.848. The summed E-state index contributed by atoms with van der Waals surface area (Å²) in [6.45, 7) is 2.08. The van der Waals surface area contributed by atoms with E-state index < -0.39 is 0 Å². The molecule has 0 radical (unpaired) electrons. The Labute approximate surface area is 98.5 Å². The average Bonchev–Trinajstić information content (AvgIpc) is 2.39. The van der Waals surface area contributed by atoms with E-state index in [1.165, 1.54) is 11.6 Å². The molecule has 17 heavy (non-hydrogen) atoms. The first-order valence-corrected chi connectivity index (χ1v) is 5.33. The molecule has 0 spiro atoms. The number of aromatic amines is 1. The Morgan fingerprint density at radius 1 is 1.35 bits per heavy atom. The second kappa shape index (κ2) is 4.62. The van der Waals surface area contributed by atoms with Gasteiger partial charge in [-0.25, -0.2) is 5.10 Å². The highest BCUT2D eigenvalue weighted by Gasteiger charge is 2.07. The van der Waals surface area contributed by atoms with Crippen molar-refractivity contribution >= 4 is 0 Å². The number of hydrogen-bond donors (Lipinski definition) is 1. The molecular weight excluding hydrogens is 214 g/mol. The SMILES string of the molecule is CCc1ccc(-c2n[nH]c(=O)cc2C#N)cc1. The normalized spacial score (nSPS) is 9.88. The van der Waals surface area contributed by atoms with Crippen molar-refractivity contribution in [3.63, 3.8) is 0 Å². The van der Waals surface area contributed by atoms with Gasteiger partial charge in [-0.05, 0) is 12.0 Å². The molecule has 0 saturated heterocycles. The van der Waals surface area contributed by atoms with Gasteiger partial charge < -0.3 is 0 Å². The standard InChI is InChI=1S/C13H11N3O/c1-2-9-3-5-10(6-4-9)13-11(8-14)7-12(17)15-16-13/h3-7H,2H2,1H3,(H,15,17). The van der Waals surface area contributed by atoms with Gasteiger partial charge in [-0.15, -0.1) is 0 Å². The van der Waals surface area contributed by atoms with Crippen molar-refractivity contribution in [3.05, 3.63) is 51.8 Å². The third-order valence-electron chi connectivity index (χ3n) is 2.56. The molecule has 2 aromatic rings. The zero-order chi connectivity index (χ0) is 12.3. The van der Waals surface area contributed by atoms with E-state index in [9.17, 15) is 4.79 Å². The summed E-state index contributed by atoms with van der Waals surface area (Å²) in [5.41, 5.74) is 2.48. The highest BCUT2D eigenvalue weighted by Crippen LogP contribution is 2.19. The van der Waals surface area contributed by atoms with Gasteiger partial charge in [0.2, 0.25) is 0 Å². The maximum Gasteiger partial charge on any atom is 0.265 e. The molecule has 0 aliphatic carbocycles.